The van der Waals surface area contributed by atoms with E-state index in [2.05, 4.69) is 0 Å². The molecule has 0 aliphatic heterocycles. The molecule has 24 heavy (non-hydrogen) atoms. The zero-order valence-corrected chi connectivity index (χ0v) is 14.2. The van der Waals surface area contributed by atoms with Crippen LogP contribution in [0.25, 0.3) is 0 Å². The molecule has 0 N–H and O–H groups in total. The Balaban J connectivity index is 1.77. The van der Waals surface area contributed by atoms with Gasteiger partial charge in [0.05, 0.1) is 5.56 Å². The standard InChI is InChI=1S/C20H14Cl2O2/c21-20(22,16-9-5-2-6-10-16)17-11-13-18(14-12-17)24-19(23)15-7-3-1-4-8-15/h1-14H. The minimum absolute atomic E-state index is 0.408. The average molecular weight is 357 g/mol. The van der Waals surface area contributed by atoms with Gasteiger partial charge in [-0.1, -0.05) is 83.9 Å². The van der Waals surface area contributed by atoms with Crippen molar-refractivity contribution >= 4 is 29.2 Å². The van der Waals surface area contributed by atoms with Gasteiger partial charge in [0, 0.05) is 0 Å². The molecular weight excluding hydrogens is 343 g/mol. The van der Waals surface area contributed by atoms with Crippen LogP contribution in [0, 0.1) is 0 Å². The molecule has 0 radical (unpaired) electrons. The van der Waals surface area contributed by atoms with Gasteiger partial charge in [-0.15, -0.1) is 0 Å². The highest BCUT2D eigenvalue weighted by molar-refractivity contribution is 6.50. The molecule has 4 heteroatoms. The molecule has 3 aromatic carbocycles. The Bertz CT molecular complexity index is 813. The highest BCUT2D eigenvalue weighted by atomic mass is 35.5. The van der Waals surface area contributed by atoms with Crippen molar-refractivity contribution in [2.75, 3.05) is 0 Å². The van der Waals surface area contributed by atoms with Crippen LogP contribution in [0.4, 0.5) is 0 Å². The van der Waals surface area contributed by atoms with E-state index in [9.17, 15) is 4.79 Å². The Labute approximate surface area is 150 Å². The molecule has 0 bridgehead atoms. The predicted molar refractivity (Wildman–Crippen MR) is 96.8 cm³/mol. The van der Waals surface area contributed by atoms with Gasteiger partial charge in [-0.3, -0.25) is 0 Å². The van der Waals surface area contributed by atoms with Crippen LogP contribution >= 0.6 is 23.2 Å². The second-order valence-corrected chi connectivity index (χ2v) is 6.55. The average Bonchev–Trinajstić information content (AvgIpc) is 2.63. The first kappa shape index (κ1) is 16.6. The van der Waals surface area contributed by atoms with E-state index in [4.69, 9.17) is 27.9 Å². The topological polar surface area (TPSA) is 26.3 Å². The molecule has 0 saturated carbocycles. The Morgan fingerprint density at radius 2 is 1.21 bits per heavy atom. The van der Waals surface area contributed by atoms with E-state index in [0.29, 0.717) is 16.9 Å². The van der Waals surface area contributed by atoms with E-state index in [-0.39, 0.29) is 0 Å². The van der Waals surface area contributed by atoms with Gasteiger partial charge in [0.25, 0.3) is 0 Å². The number of hydrogen-bond donors (Lipinski definition) is 0. The quantitative estimate of drug-likeness (QED) is 0.346. The molecule has 0 heterocycles. The molecule has 0 aliphatic rings. The van der Waals surface area contributed by atoms with E-state index in [1.165, 1.54) is 0 Å². The van der Waals surface area contributed by atoms with Crippen LogP contribution in [0.5, 0.6) is 5.75 Å². The second-order valence-electron chi connectivity index (χ2n) is 5.22. The third-order valence-corrected chi connectivity index (χ3v) is 4.45. The summed E-state index contributed by atoms with van der Waals surface area (Å²) < 4.78 is 4.19. The van der Waals surface area contributed by atoms with Gasteiger partial charge >= 0.3 is 5.97 Å². The molecule has 0 saturated heterocycles. The number of halogens is 2. The van der Waals surface area contributed by atoms with Crippen LogP contribution in [0.15, 0.2) is 84.9 Å². The fourth-order valence-corrected chi connectivity index (χ4v) is 2.79. The summed E-state index contributed by atoms with van der Waals surface area (Å²) in [7, 11) is 0. The van der Waals surface area contributed by atoms with E-state index in [1.807, 2.05) is 36.4 Å². The van der Waals surface area contributed by atoms with Gasteiger partial charge in [0.2, 0.25) is 0 Å². The lowest BCUT2D eigenvalue weighted by molar-refractivity contribution is 0.0734. The van der Waals surface area contributed by atoms with Gasteiger partial charge in [-0.05, 0) is 35.4 Å². The van der Waals surface area contributed by atoms with Crippen molar-refractivity contribution in [1.82, 2.24) is 0 Å². The summed E-state index contributed by atoms with van der Waals surface area (Å²) >= 11 is 13.0. The molecule has 3 rings (SSSR count). The Morgan fingerprint density at radius 3 is 1.79 bits per heavy atom. The molecule has 0 fully saturated rings. The maximum absolute atomic E-state index is 12.0. The first-order valence-corrected chi connectivity index (χ1v) is 8.14. The summed E-state index contributed by atoms with van der Waals surface area (Å²) in [6.07, 6.45) is 0. The van der Waals surface area contributed by atoms with E-state index in [1.54, 1.807) is 48.5 Å². The van der Waals surface area contributed by atoms with Gasteiger partial charge in [-0.25, -0.2) is 4.79 Å². The molecule has 0 aromatic heterocycles. The molecule has 120 valence electrons. The van der Waals surface area contributed by atoms with Crippen molar-refractivity contribution in [2.45, 2.75) is 4.33 Å². The van der Waals surface area contributed by atoms with Crippen molar-refractivity contribution in [2.24, 2.45) is 0 Å². The van der Waals surface area contributed by atoms with Gasteiger partial charge in [0.15, 0.2) is 4.33 Å². The zero-order valence-electron chi connectivity index (χ0n) is 12.7. The van der Waals surface area contributed by atoms with Crippen molar-refractivity contribution in [3.8, 4) is 5.75 Å². The Hall–Kier alpha value is -2.29. The summed E-state index contributed by atoms with van der Waals surface area (Å²) in [4.78, 5) is 12.0. The molecule has 0 amide bonds. The Kier molecular flexibility index (Phi) is 4.89. The minimum Gasteiger partial charge on any atom is -0.423 e. The number of carbonyl (C=O) groups is 1. The number of benzene rings is 3. The summed E-state index contributed by atoms with van der Waals surface area (Å²) in [5.41, 5.74) is 1.98. The van der Waals surface area contributed by atoms with E-state index >= 15 is 0 Å². The summed E-state index contributed by atoms with van der Waals surface area (Å²) in [5, 5.41) is 0. The third kappa shape index (κ3) is 3.61. The maximum Gasteiger partial charge on any atom is 0.343 e. The lowest BCUT2D eigenvalue weighted by atomic mass is 10.0. The molecule has 3 aromatic rings. The highest BCUT2D eigenvalue weighted by Crippen LogP contribution is 2.41. The molecular formula is C20H14Cl2O2. The van der Waals surface area contributed by atoms with E-state index < -0.39 is 10.3 Å². The number of rotatable bonds is 4. The number of alkyl halides is 2. The predicted octanol–water partition coefficient (Wildman–Crippen LogP) is 5.58. The summed E-state index contributed by atoms with van der Waals surface area (Å²) in [6, 6.07) is 25.1. The first-order valence-electron chi connectivity index (χ1n) is 7.38. The largest absolute Gasteiger partial charge is 0.423 e. The Morgan fingerprint density at radius 1 is 0.708 bits per heavy atom. The minimum atomic E-state index is -1.16. The molecule has 0 aliphatic carbocycles. The van der Waals surface area contributed by atoms with Crippen molar-refractivity contribution in [3.63, 3.8) is 0 Å². The summed E-state index contributed by atoms with van der Waals surface area (Å²) in [6.45, 7) is 0. The van der Waals surface area contributed by atoms with Crippen molar-refractivity contribution in [1.29, 1.82) is 0 Å². The number of carbonyl (C=O) groups excluding carboxylic acids is 1. The van der Waals surface area contributed by atoms with Crippen LogP contribution in [0.3, 0.4) is 0 Å². The van der Waals surface area contributed by atoms with Gasteiger partial charge < -0.3 is 4.74 Å². The highest BCUT2D eigenvalue weighted by Gasteiger charge is 2.28. The second kappa shape index (κ2) is 7.08. The van der Waals surface area contributed by atoms with Crippen LogP contribution in [-0.4, -0.2) is 5.97 Å². The van der Waals surface area contributed by atoms with E-state index in [0.717, 1.165) is 5.56 Å². The SMILES string of the molecule is O=C(Oc1ccc(C(Cl)(Cl)c2ccccc2)cc1)c1ccccc1. The smallest absolute Gasteiger partial charge is 0.343 e. The molecule has 0 unspecified atom stereocenters. The maximum atomic E-state index is 12.0. The summed E-state index contributed by atoms with van der Waals surface area (Å²) in [5.74, 6) is 0.0271. The lowest BCUT2D eigenvalue weighted by Crippen LogP contribution is -2.12. The van der Waals surface area contributed by atoms with Crippen molar-refractivity contribution in [3.05, 3.63) is 102 Å². The fraction of sp³-hybridized carbons (Fsp3) is 0.0500. The number of ether oxygens (including phenoxy) is 1. The van der Waals surface area contributed by atoms with Crippen LogP contribution in [-0.2, 0) is 4.33 Å². The van der Waals surface area contributed by atoms with Crippen LogP contribution in [0.2, 0.25) is 0 Å². The molecule has 0 spiro atoms. The zero-order chi connectivity index (χ0) is 17.0. The first-order chi connectivity index (χ1) is 11.6. The van der Waals surface area contributed by atoms with Crippen LogP contribution in [0.1, 0.15) is 21.5 Å². The molecule has 0 atom stereocenters. The van der Waals surface area contributed by atoms with Crippen LogP contribution < -0.4 is 4.74 Å². The number of hydrogen-bond acceptors (Lipinski definition) is 2. The number of esters is 1. The normalized spacial score (nSPS) is 11.1. The van der Waals surface area contributed by atoms with Gasteiger partial charge in [0.1, 0.15) is 5.75 Å². The fourth-order valence-electron chi connectivity index (χ4n) is 2.29. The molecule has 2 nitrogen and oxygen atoms in total. The monoisotopic (exact) mass is 356 g/mol. The van der Waals surface area contributed by atoms with Gasteiger partial charge in [-0.2, -0.15) is 0 Å². The third-order valence-electron chi connectivity index (χ3n) is 3.57. The van der Waals surface area contributed by atoms with Crippen molar-refractivity contribution < 1.29 is 9.53 Å². The lowest BCUT2D eigenvalue weighted by Gasteiger charge is -2.20.